The first-order chi connectivity index (χ1) is 14.6. The van der Waals surface area contributed by atoms with Crippen LogP contribution in [-0.4, -0.2) is 93.9 Å². The second-order valence-electron chi connectivity index (χ2n) is 7.40. The van der Waals surface area contributed by atoms with Gasteiger partial charge in [0.25, 0.3) is 0 Å². The summed E-state index contributed by atoms with van der Waals surface area (Å²) >= 11 is 0. The van der Waals surface area contributed by atoms with E-state index >= 15 is 0 Å². The molecule has 3 heterocycles. The molecule has 1 aromatic rings. The van der Waals surface area contributed by atoms with Crippen molar-refractivity contribution in [1.29, 1.82) is 0 Å². The van der Waals surface area contributed by atoms with E-state index in [2.05, 4.69) is 15.4 Å². The quantitative estimate of drug-likeness (QED) is 0.337. The lowest BCUT2D eigenvalue weighted by atomic mass is 10.1. The summed E-state index contributed by atoms with van der Waals surface area (Å²) < 4.78 is 42.7. The number of ether oxygens (including phenoxy) is 2. The van der Waals surface area contributed by atoms with Crippen LogP contribution in [0.25, 0.3) is 0 Å². The molecular weight excluding hydrogens is 410 g/mol. The van der Waals surface area contributed by atoms with E-state index in [1.807, 2.05) is 6.92 Å². The molecule has 30 heavy (non-hydrogen) atoms. The highest BCUT2D eigenvalue weighted by Gasteiger charge is 2.29. The predicted octanol–water partition coefficient (Wildman–Crippen LogP) is 0.673. The predicted molar refractivity (Wildman–Crippen MR) is 113 cm³/mol. The molecule has 2 saturated heterocycles. The SMILES string of the molecule is CCNC(=NCCCOC1CCOCC1)N1CCN(S(=O)(=O)Cc2ccon2)CC1. The van der Waals surface area contributed by atoms with Gasteiger partial charge in [0.05, 0.1) is 11.8 Å². The molecular formula is C19H33N5O5S. The van der Waals surface area contributed by atoms with Crippen LogP contribution < -0.4 is 5.32 Å². The van der Waals surface area contributed by atoms with Crippen molar-refractivity contribution < 1.29 is 22.4 Å². The first-order valence-electron chi connectivity index (χ1n) is 10.7. The van der Waals surface area contributed by atoms with Gasteiger partial charge in [-0.3, -0.25) is 4.99 Å². The Balaban J connectivity index is 1.43. The van der Waals surface area contributed by atoms with Crippen LogP contribution in [0.2, 0.25) is 0 Å². The highest BCUT2D eigenvalue weighted by atomic mass is 32.2. The number of piperazine rings is 1. The third kappa shape index (κ3) is 6.93. The van der Waals surface area contributed by atoms with Crippen LogP contribution in [0.1, 0.15) is 31.9 Å². The van der Waals surface area contributed by atoms with E-state index in [-0.39, 0.29) is 5.75 Å². The fraction of sp³-hybridized carbons (Fsp3) is 0.789. The molecule has 0 bridgehead atoms. The van der Waals surface area contributed by atoms with Crippen molar-refractivity contribution >= 4 is 16.0 Å². The summed E-state index contributed by atoms with van der Waals surface area (Å²) in [5.41, 5.74) is 0.426. The molecule has 0 aliphatic carbocycles. The fourth-order valence-corrected chi connectivity index (χ4v) is 4.96. The smallest absolute Gasteiger partial charge is 0.220 e. The molecule has 0 radical (unpaired) electrons. The fourth-order valence-electron chi connectivity index (χ4n) is 3.54. The molecule has 0 aromatic carbocycles. The van der Waals surface area contributed by atoms with Gasteiger partial charge >= 0.3 is 0 Å². The maximum absolute atomic E-state index is 12.6. The summed E-state index contributed by atoms with van der Waals surface area (Å²) in [4.78, 5) is 6.82. The maximum atomic E-state index is 12.6. The van der Waals surface area contributed by atoms with Crippen molar-refractivity contribution in [3.8, 4) is 0 Å². The van der Waals surface area contributed by atoms with Crippen LogP contribution >= 0.6 is 0 Å². The van der Waals surface area contributed by atoms with Gasteiger partial charge in [-0.25, -0.2) is 8.42 Å². The highest BCUT2D eigenvalue weighted by Crippen LogP contribution is 2.13. The molecule has 0 amide bonds. The van der Waals surface area contributed by atoms with E-state index < -0.39 is 10.0 Å². The topological polar surface area (TPSA) is 110 Å². The number of sulfonamides is 1. The van der Waals surface area contributed by atoms with Gasteiger partial charge < -0.3 is 24.2 Å². The number of rotatable bonds is 9. The maximum Gasteiger partial charge on any atom is 0.220 e. The molecule has 1 N–H and O–H groups in total. The molecule has 2 fully saturated rings. The zero-order valence-corrected chi connectivity index (χ0v) is 18.5. The lowest BCUT2D eigenvalue weighted by Gasteiger charge is -2.35. The summed E-state index contributed by atoms with van der Waals surface area (Å²) in [6.45, 7) is 7.80. The Morgan fingerprint density at radius 1 is 1.30 bits per heavy atom. The first-order valence-corrected chi connectivity index (χ1v) is 12.3. The van der Waals surface area contributed by atoms with Crippen molar-refractivity contribution in [3.63, 3.8) is 0 Å². The van der Waals surface area contributed by atoms with E-state index in [0.29, 0.717) is 51.1 Å². The Labute approximate surface area is 178 Å². The molecule has 0 saturated carbocycles. The molecule has 3 rings (SSSR count). The monoisotopic (exact) mass is 443 g/mol. The van der Waals surface area contributed by atoms with Gasteiger partial charge in [-0.05, 0) is 26.2 Å². The van der Waals surface area contributed by atoms with Crippen LogP contribution in [0.3, 0.4) is 0 Å². The average Bonchev–Trinajstić information content (AvgIpc) is 3.26. The number of hydrogen-bond acceptors (Lipinski definition) is 7. The number of hydrogen-bond donors (Lipinski definition) is 1. The van der Waals surface area contributed by atoms with E-state index in [9.17, 15) is 8.42 Å². The van der Waals surface area contributed by atoms with Crippen molar-refractivity contribution in [3.05, 3.63) is 18.0 Å². The van der Waals surface area contributed by atoms with Crippen LogP contribution in [0.15, 0.2) is 21.8 Å². The third-order valence-electron chi connectivity index (χ3n) is 5.17. The first kappa shape index (κ1) is 23.0. The van der Waals surface area contributed by atoms with E-state index in [4.69, 9.17) is 19.0 Å². The van der Waals surface area contributed by atoms with Gasteiger partial charge in [0.2, 0.25) is 10.0 Å². The molecule has 10 nitrogen and oxygen atoms in total. The molecule has 0 spiro atoms. The Bertz CT molecular complexity index is 741. The van der Waals surface area contributed by atoms with Crippen LogP contribution in [0, 0.1) is 0 Å². The van der Waals surface area contributed by atoms with Crippen LogP contribution in [-0.2, 0) is 25.2 Å². The summed E-state index contributed by atoms with van der Waals surface area (Å²) in [6, 6.07) is 1.58. The summed E-state index contributed by atoms with van der Waals surface area (Å²) in [6.07, 6.45) is 4.49. The van der Waals surface area contributed by atoms with Gasteiger partial charge in [-0.15, -0.1) is 0 Å². The van der Waals surface area contributed by atoms with Gasteiger partial charge in [-0.2, -0.15) is 4.31 Å². The summed E-state index contributed by atoms with van der Waals surface area (Å²) in [5.74, 6) is 0.697. The van der Waals surface area contributed by atoms with Crippen molar-refractivity contribution in [2.75, 3.05) is 59.1 Å². The van der Waals surface area contributed by atoms with Crippen molar-refractivity contribution in [2.24, 2.45) is 4.99 Å². The third-order valence-corrected chi connectivity index (χ3v) is 6.99. The van der Waals surface area contributed by atoms with Gasteiger partial charge in [0, 0.05) is 65.2 Å². The number of nitrogens with zero attached hydrogens (tertiary/aromatic N) is 4. The number of nitrogens with one attached hydrogen (secondary N) is 1. The van der Waals surface area contributed by atoms with E-state index in [1.54, 1.807) is 6.07 Å². The van der Waals surface area contributed by atoms with E-state index in [0.717, 1.165) is 45.0 Å². The van der Waals surface area contributed by atoms with Gasteiger partial charge in [0.15, 0.2) is 5.96 Å². The van der Waals surface area contributed by atoms with Crippen molar-refractivity contribution in [2.45, 2.75) is 38.0 Å². The molecule has 0 atom stereocenters. The Morgan fingerprint density at radius 2 is 2.07 bits per heavy atom. The Kier molecular flexibility index (Phi) is 8.91. The minimum absolute atomic E-state index is 0.134. The minimum atomic E-state index is -3.40. The second kappa shape index (κ2) is 11.6. The summed E-state index contributed by atoms with van der Waals surface area (Å²) in [5, 5.41) is 7.02. The van der Waals surface area contributed by atoms with E-state index in [1.165, 1.54) is 10.6 Å². The molecule has 11 heteroatoms. The zero-order valence-electron chi connectivity index (χ0n) is 17.7. The highest BCUT2D eigenvalue weighted by molar-refractivity contribution is 7.88. The van der Waals surface area contributed by atoms with Crippen LogP contribution in [0.4, 0.5) is 0 Å². The standard InChI is InChI=1S/C19H33N5O5S/c1-2-20-19(21-7-3-12-28-18-5-13-27-14-6-18)23-8-10-24(11-9-23)30(25,26)16-17-4-15-29-22-17/h4,15,18H,2-3,5-14,16H2,1H3,(H,20,21). The molecule has 170 valence electrons. The number of aliphatic imine (C=N–C) groups is 1. The average molecular weight is 444 g/mol. The number of guanidine groups is 1. The zero-order chi connectivity index (χ0) is 21.2. The Hall–Kier alpha value is -1.69. The van der Waals surface area contributed by atoms with Gasteiger partial charge in [-0.1, -0.05) is 5.16 Å². The van der Waals surface area contributed by atoms with Crippen LogP contribution in [0.5, 0.6) is 0 Å². The second-order valence-corrected chi connectivity index (χ2v) is 9.37. The normalized spacial score (nSPS) is 19.9. The summed E-state index contributed by atoms with van der Waals surface area (Å²) in [7, 11) is -3.40. The molecule has 2 aliphatic heterocycles. The minimum Gasteiger partial charge on any atom is -0.381 e. The lowest BCUT2D eigenvalue weighted by molar-refractivity contribution is -0.0318. The largest absolute Gasteiger partial charge is 0.381 e. The van der Waals surface area contributed by atoms with Crippen molar-refractivity contribution in [1.82, 2.24) is 19.7 Å². The molecule has 1 aromatic heterocycles. The Morgan fingerprint density at radius 3 is 2.73 bits per heavy atom. The lowest BCUT2D eigenvalue weighted by Crippen LogP contribution is -2.53. The van der Waals surface area contributed by atoms with Gasteiger partial charge in [0.1, 0.15) is 12.0 Å². The number of aromatic nitrogens is 1. The molecule has 0 unspecified atom stereocenters. The molecule has 2 aliphatic rings.